The fraction of sp³-hybridized carbons (Fsp3) is 0.250. The minimum Gasteiger partial charge on any atom is -0.340 e. The maximum Gasteiger partial charge on any atom is 0.227 e. The molecular weight excluding hydrogens is 455 g/mol. The van der Waals surface area contributed by atoms with Crippen LogP contribution in [0.25, 0.3) is 33.2 Å². The van der Waals surface area contributed by atoms with Gasteiger partial charge < -0.3 is 14.4 Å². The third kappa shape index (κ3) is 3.60. The Bertz CT molecular complexity index is 1520. The Morgan fingerprint density at radius 2 is 1.92 bits per heavy atom. The molecule has 0 aliphatic carbocycles. The van der Waals surface area contributed by atoms with Gasteiger partial charge in [0.2, 0.25) is 5.91 Å². The first-order valence-corrected chi connectivity index (χ1v) is 11.9. The minimum absolute atomic E-state index is 0.0376. The van der Waals surface area contributed by atoms with E-state index in [2.05, 4.69) is 14.7 Å². The van der Waals surface area contributed by atoms with Gasteiger partial charge in [0.25, 0.3) is 0 Å². The lowest BCUT2D eigenvalue weighted by atomic mass is 10.1. The fourth-order valence-electron chi connectivity index (χ4n) is 5.41. The van der Waals surface area contributed by atoms with Gasteiger partial charge in [0.05, 0.1) is 30.2 Å². The van der Waals surface area contributed by atoms with Gasteiger partial charge in [-0.05, 0) is 43.8 Å². The van der Waals surface area contributed by atoms with Crippen LogP contribution in [0.5, 0.6) is 0 Å². The van der Waals surface area contributed by atoms with Gasteiger partial charge in [0.1, 0.15) is 0 Å². The SMILES string of the molecule is [C-]#[N+]c1ccc(-c2cc3n(c2)Cc2c(ccc(N4C[C@@H](CN(C)C)CC4=O)c2F)-n2ccnc2-3)cc1. The molecule has 6 rings (SSSR count). The molecule has 0 unspecified atom stereocenters. The number of hydrogen-bond donors (Lipinski definition) is 0. The number of benzene rings is 2. The Kier molecular flexibility index (Phi) is 5.23. The maximum absolute atomic E-state index is 16.2. The number of aromatic nitrogens is 3. The van der Waals surface area contributed by atoms with Crippen LogP contribution in [0.3, 0.4) is 0 Å². The summed E-state index contributed by atoms with van der Waals surface area (Å²) in [5, 5.41) is 0. The molecule has 2 aromatic heterocycles. The average molecular weight is 481 g/mol. The van der Waals surface area contributed by atoms with E-state index in [4.69, 9.17) is 6.57 Å². The van der Waals surface area contributed by atoms with E-state index in [9.17, 15) is 4.79 Å². The number of fused-ring (bicyclic) bond motifs is 5. The van der Waals surface area contributed by atoms with E-state index in [1.54, 1.807) is 29.3 Å². The Morgan fingerprint density at radius 3 is 2.67 bits per heavy atom. The van der Waals surface area contributed by atoms with Crippen molar-refractivity contribution >= 4 is 17.3 Å². The van der Waals surface area contributed by atoms with Crippen molar-refractivity contribution in [3.63, 3.8) is 0 Å². The highest BCUT2D eigenvalue weighted by atomic mass is 19.1. The number of hydrogen-bond acceptors (Lipinski definition) is 3. The first-order valence-electron chi connectivity index (χ1n) is 11.9. The van der Waals surface area contributed by atoms with Gasteiger partial charge in [0, 0.05) is 49.2 Å². The number of rotatable bonds is 4. The zero-order valence-electron chi connectivity index (χ0n) is 20.1. The summed E-state index contributed by atoms with van der Waals surface area (Å²) in [6, 6.07) is 13.1. The van der Waals surface area contributed by atoms with Crippen LogP contribution < -0.4 is 4.90 Å². The van der Waals surface area contributed by atoms with Gasteiger partial charge in [-0.2, -0.15) is 0 Å². The van der Waals surface area contributed by atoms with Gasteiger partial charge >= 0.3 is 0 Å². The van der Waals surface area contributed by atoms with Crippen molar-refractivity contribution in [2.45, 2.75) is 13.0 Å². The molecule has 0 radical (unpaired) electrons. The van der Waals surface area contributed by atoms with Crippen molar-refractivity contribution in [3.8, 4) is 28.3 Å². The van der Waals surface area contributed by atoms with E-state index < -0.39 is 0 Å². The molecule has 2 aliphatic heterocycles. The van der Waals surface area contributed by atoms with Crippen molar-refractivity contribution < 1.29 is 9.18 Å². The molecule has 7 nitrogen and oxygen atoms in total. The normalized spacial score (nSPS) is 16.5. The molecule has 1 amide bonds. The van der Waals surface area contributed by atoms with E-state index in [-0.39, 0.29) is 17.6 Å². The molecule has 4 aromatic rings. The molecule has 8 heteroatoms. The number of amides is 1. The van der Waals surface area contributed by atoms with E-state index in [1.807, 2.05) is 59.9 Å². The second-order valence-corrected chi connectivity index (χ2v) is 9.75. The Balaban J connectivity index is 1.42. The largest absolute Gasteiger partial charge is 0.340 e. The van der Waals surface area contributed by atoms with E-state index in [1.165, 1.54) is 0 Å². The zero-order chi connectivity index (χ0) is 25.0. The van der Waals surface area contributed by atoms with Crippen LogP contribution in [-0.4, -0.2) is 52.1 Å². The van der Waals surface area contributed by atoms with Gasteiger partial charge in [-0.1, -0.05) is 24.3 Å². The molecule has 4 heterocycles. The van der Waals surface area contributed by atoms with E-state index >= 15 is 4.39 Å². The maximum atomic E-state index is 16.2. The van der Waals surface area contributed by atoms with Crippen LogP contribution in [0, 0.1) is 18.3 Å². The van der Waals surface area contributed by atoms with Crippen molar-refractivity contribution in [1.29, 1.82) is 0 Å². The van der Waals surface area contributed by atoms with Crippen molar-refractivity contribution in [2.75, 3.05) is 32.1 Å². The molecule has 0 spiro atoms. The van der Waals surface area contributed by atoms with Gasteiger partial charge in [-0.3, -0.25) is 9.36 Å². The van der Waals surface area contributed by atoms with Crippen molar-refractivity contribution in [3.05, 3.63) is 83.9 Å². The number of imidazole rings is 1. The lowest BCUT2D eigenvalue weighted by Gasteiger charge is -2.21. The van der Waals surface area contributed by atoms with Gasteiger partial charge in [-0.15, -0.1) is 0 Å². The van der Waals surface area contributed by atoms with Gasteiger partial charge in [0.15, 0.2) is 17.3 Å². The molecule has 180 valence electrons. The monoisotopic (exact) mass is 480 g/mol. The highest BCUT2D eigenvalue weighted by molar-refractivity contribution is 5.96. The summed E-state index contributed by atoms with van der Waals surface area (Å²) in [7, 11) is 3.97. The highest BCUT2D eigenvalue weighted by Gasteiger charge is 2.34. The van der Waals surface area contributed by atoms with Crippen molar-refractivity contribution in [1.82, 2.24) is 19.0 Å². The van der Waals surface area contributed by atoms with E-state index in [0.29, 0.717) is 36.4 Å². The van der Waals surface area contributed by atoms with Crippen LogP contribution in [0.4, 0.5) is 15.8 Å². The Morgan fingerprint density at radius 1 is 1.14 bits per heavy atom. The lowest BCUT2D eigenvalue weighted by Crippen LogP contribution is -2.28. The lowest BCUT2D eigenvalue weighted by molar-refractivity contribution is -0.117. The standard InChI is InChI=1S/C28H25FN6O/c1-30-21-6-4-19(5-7-21)20-13-25-28-31-10-11-34(28)23-8-9-24(27(29)22(23)17-33(25)16-20)35-15-18(12-26(35)36)14-32(2)3/h4-11,13,16,18H,12,14-15,17H2,2-3H3/t18-/m1/s1. The number of nitrogens with zero attached hydrogens (tertiary/aromatic N) is 6. The van der Waals surface area contributed by atoms with Crippen LogP contribution in [-0.2, 0) is 11.3 Å². The zero-order valence-corrected chi connectivity index (χ0v) is 20.1. The van der Waals surface area contributed by atoms with Gasteiger partial charge in [-0.25, -0.2) is 14.2 Å². The number of carbonyl (C=O) groups excluding carboxylic acids is 1. The molecule has 2 aromatic carbocycles. The third-order valence-corrected chi connectivity index (χ3v) is 7.00. The fourth-order valence-corrected chi connectivity index (χ4v) is 5.41. The summed E-state index contributed by atoms with van der Waals surface area (Å²) in [5.74, 6) is 0.506. The summed E-state index contributed by atoms with van der Waals surface area (Å²) >= 11 is 0. The van der Waals surface area contributed by atoms with Crippen LogP contribution in [0.1, 0.15) is 12.0 Å². The summed E-state index contributed by atoms with van der Waals surface area (Å²) in [6.07, 6.45) is 5.98. The molecule has 0 bridgehead atoms. The van der Waals surface area contributed by atoms with Crippen molar-refractivity contribution in [2.24, 2.45) is 5.92 Å². The first kappa shape index (κ1) is 22.3. The van der Waals surface area contributed by atoms with Crippen LogP contribution >= 0.6 is 0 Å². The quantitative estimate of drug-likeness (QED) is 0.341. The minimum atomic E-state index is -0.365. The molecule has 2 aliphatic rings. The summed E-state index contributed by atoms with van der Waals surface area (Å²) in [4.78, 5) is 24.5. The Labute approximate surface area is 208 Å². The number of carbonyl (C=O) groups is 1. The molecular formula is C28H25FN6O. The first-order chi connectivity index (χ1) is 17.4. The second-order valence-electron chi connectivity index (χ2n) is 9.75. The number of anilines is 1. The van der Waals surface area contributed by atoms with E-state index in [0.717, 1.165) is 34.9 Å². The summed E-state index contributed by atoms with van der Waals surface area (Å²) < 4.78 is 20.1. The molecule has 0 saturated carbocycles. The molecule has 36 heavy (non-hydrogen) atoms. The third-order valence-electron chi connectivity index (χ3n) is 7.00. The van der Waals surface area contributed by atoms with Crippen LogP contribution in [0.2, 0.25) is 0 Å². The Hall–Kier alpha value is -4.22. The number of halogens is 1. The molecule has 0 N–H and O–H groups in total. The smallest absolute Gasteiger partial charge is 0.227 e. The predicted octanol–water partition coefficient (Wildman–Crippen LogP) is 4.97. The predicted molar refractivity (Wildman–Crippen MR) is 137 cm³/mol. The highest BCUT2D eigenvalue weighted by Crippen LogP contribution is 2.38. The van der Waals surface area contributed by atoms with Crippen LogP contribution in [0.15, 0.2) is 61.1 Å². The second kappa shape index (κ2) is 8.47. The molecule has 1 saturated heterocycles. The summed E-state index contributed by atoms with van der Waals surface area (Å²) in [6.45, 7) is 8.81. The average Bonchev–Trinajstić information content (AvgIpc) is 3.57. The topological polar surface area (TPSA) is 50.7 Å². The summed E-state index contributed by atoms with van der Waals surface area (Å²) in [5.41, 5.74) is 5.01. The molecule has 1 atom stereocenters. The molecule has 1 fully saturated rings.